The van der Waals surface area contributed by atoms with Crippen LogP contribution >= 0.6 is 35.3 Å². The molecule has 1 fully saturated rings. The molecule has 132 valence electrons. The zero-order chi connectivity index (χ0) is 15.6. The normalized spacial score (nSPS) is 15.5. The van der Waals surface area contributed by atoms with Crippen molar-refractivity contribution in [3.63, 3.8) is 0 Å². The number of guanidine groups is 1. The highest BCUT2D eigenvalue weighted by Gasteiger charge is 2.13. The Morgan fingerprint density at radius 3 is 2.74 bits per heavy atom. The average Bonchev–Trinajstić information content (AvgIpc) is 3.16. The topological polar surface area (TPSA) is 49.3 Å². The highest BCUT2D eigenvalue weighted by atomic mass is 127. The summed E-state index contributed by atoms with van der Waals surface area (Å²) in [5.41, 5.74) is 2.99. The number of thiazole rings is 1. The van der Waals surface area contributed by atoms with Crippen LogP contribution in [0, 0.1) is 12.8 Å². The second-order valence-corrected chi connectivity index (χ2v) is 7.07. The first-order valence-electron chi connectivity index (χ1n) is 8.70. The third-order valence-corrected chi connectivity index (χ3v) is 5.30. The van der Waals surface area contributed by atoms with Crippen LogP contribution in [0.15, 0.2) is 10.5 Å². The average molecular weight is 450 g/mol. The third kappa shape index (κ3) is 7.83. The van der Waals surface area contributed by atoms with Crippen molar-refractivity contribution in [1.29, 1.82) is 0 Å². The van der Waals surface area contributed by atoms with E-state index in [1.165, 1.54) is 49.8 Å². The number of halogens is 1. The largest absolute Gasteiger partial charge is 0.357 e. The van der Waals surface area contributed by atoms with E-state index in [0.717, 1.165) is 30.7 Å². The molecule has 6 heteroatoms. The fraction of sp³-hybridized carbons (Fsp3) is 0.765. The Balaban J connectivity index is 0.00000264. The highest BCUT2D eigenvalue weighted by molar-refractivity contribution is 14.0. The van der Waals surface area contributed by atoms with Crippen LogP contribution in [0.25, 0.3) is 0 Å². The maximum atomic E-state index is 4.66. The Labute approximate surface area is 162 Å². The molecule has 0 saturated heterocycles. The van der Waals surface area contributed by atoms with Gasteiger partial charge in [-0.15, -0.1) is 35.3 Å². The number of unbranched alkanes of at least 4 members (excludes halogenated alkanes) is 1. The third-order valence-electron chi connectivity index (χ3n) is 4.38. The molecule has 23 heavy (non-hydrogen) atoms. The van der Waals surface area contributed by atoms with Crippen molar-refractivity contribution in [2.45, 2.75) is 65.3 Å². The lowest BCUT2D eigenvalue weighted by atomic mass is 10.0. The van der Waals surface area contributed by atoms with E-state index in [4.69, 9.17) is 0 Å². The molecule has 1 aliphatic carbocycles. The van der Waals surface area contributed by atoms with Crippen molar-refractivity contribution < 1.29 is 0 Å². The summed E-state index contributed by atoms with van der Waals surface area (Å²) >= 11 is 1.68. The van der Waals surface area contributed by atoms with Gasteiger partial charge in [-0.25, -0.2) is 9.98 Å². The number of hydrogen-bond acceptors (Lipinski definition) is 3. The Hall–Kier alpha value is -0.370. The SMILES string of the molecule is CCNC(=NCc1scnc1C)NCCCCC1CCCC1.I. The Morgan fingerprint density at radius 1 is 1.30 bits per heavy atom. The summed E-state index contributed by atoms with van der Waals surface area (Å²) in [5.74, 6) is 1.94. The van der Waals surface area contributed by atoms with Gasteiger partial charge in [0.05, 0.1) is 17.7 Å². The van der Waals surface area contributed by atoms with Gasteiger partial charge >= 0.3 is 0 Å². The zero-order valence-corrected chi connectivity index (χ0v) is 17.6. The Morgan fingerprint density at radius 2 is 2.09 bits per heavy atom. The molecule has 1 saturated carbocycles. The number of aliphatic imine (C=N–C) groups is 1. The summed E-state index contributed by atoms with van der Waals surface area (Å²) in [4.78, 5) is 10.2. The molecule has 0 unspecified atom stereocenters. The molecule has 0 atom stereocenters. The number of aryl methyl sites for hydroxylation is 1. The monoisotopic (exact) mass is 450 g/mol. The van der Waals surface area contributed by atoms with E-state index in [0.29, 0.717) is 6.54 Å². The molecule has 2 N–H and O–H groups in total. The van der Waals surface area contributed by atoms with Gasteiger partial charge in [-0.2, -0.15) is 0 Å². The van der Waals surface area contributed by atoms with E-state index in [9.17, 15) is 0 Å². The van der Waals surface area contributed by atoms with Gasteiger partial charge in [-0.3, -0.25) is 0 Å². The van der Waals surface area contributed by atoms with Gasteiger partial charge in [0, 0.05) is 18.0 Å². The minimum Gasteiger partial charge on any atom is -0.357 e. The van der Waals surface area contributed by atoms with Gasteiger partial charge < -0.3 is 10.6 Å². The van der Waals surface area contributed by atoms with Crippen molar-refractivity contribution in [3.05, 3.63) is 16.1 Å². The zero-order valence-electron chi connectivity index (χ0n) is 14.4. The summed E-state index contributed by atoms with van der Waals surface area (Å²) in [6.45, 7) is 6.78. The molecule has 0 radical (unpaired) electrons. The molecule has 1 heterocycles. The molecule has 0 spiro atoms. The minimum atomic E-state index is 0. The standard InChI is InChI=1S/C17H30N4S.HI/c1-3-18-17(20-12-16-14(2)21-13-22-16)19-11-7-6-10-15-8-4-5-9-15;/h13,15H,3-12H2,1-2H3,(H2,18,19,20);1H. The second kappa shape index (κ2) is 12.1. The molecule has 0 amide bonds. The van der Waals surface area contributed by atoms with E-state index in [1.807, 2.05) is 12.4 Å². The fourth-order valence-electron chi connectivity index (χ4n) is 3.03. The molecule has 1 aliphatic rings. The lowest BCUT2D eigenvalue weighted by Crippen LogP contribution is -2.37. The fourth-order valence-corrected chi connectivity index (χ4v) is 3.73. The maximum Gasteiger partial charge on any atom is 0.191 e. The molecule has 0 aromatic carbocycles. The van der Waals surface area contributed by atoms with Crippen molar-refractivity contribution >= 4 is 41.3 Å². The van der Waals surface area contributed by atoms with Gasteiger partial charge in [-0.1, -0.05) is 38.5 Å². The predicted octanol–water partition coefficient (Wildman–Crippen LogP) is 4.49. The van der Waals surface area contributed by atoms with Crippen molar-refractivity contribution in [2.24, 2.45) is 10.9 Å². The first-order valence-corrected chi connectivity index (χ1v) is 9.58. The molecular weight excluding hydrogens is 419 g/mol. The van der Waals surface area contributed by atoms with Crippen LogP contribution in [0.3, 0.4) is 0 Å². The lowest BCUT2D eigenvalue weighted by molar-refractivity contribution is 0.472. The number of hydrogen-bond donors (Lipinski definition) is 2. The van der Waals surface area contributed by atoms with Gasteiger partial charge in [0.1, 0.15) is 0 Å². The van der Waals surface area contributed by atoms with E-state index < -0.39 is 0 Å². The van der Waals surface area contributed by atoms with E-state index in [2.05, 4.69) is 27.5 Å². The van der Waals surface area contributed by atoms with Crippen molar-refractivity contribution in [3.8, 4) is 0 Å². The Bertz CT molecular complexity index is 455. The smallest absolute Gasteiger partial charge is 0.191 e. The quantitative estimate of drug-likeness (QED) is 0.266. The number of nitrogens with zero attached hydrogens (tertiary/aromatic N) is 2. The molecular formula is C17H31IN4S. The van der Waals surface area contributed by atoms with Gasteiger partial charge in [0.25, 0.3) is 0 Å². The summed E-state index contributed by atoms with van der Waals surface area (Å²) in [6.07, 6.45) is 9.83. The summed E-state index contributed by atoms with van der Waals surface area (Å²) < 4.78 is 0. The molecule has 2 rings (SSSR count). The van der Waals surface area contributed by atoms with E-state index in [1.54, 1.807) is 11.3 Å². The van der Waals surface area contributed by atoms with Crippen LogP contribution in [0.1, 0.15) is 62.4 Å². The van der Waals surface area contributed by atoms with Crippen LogP contribution in [-0.4, -0.2) is 24.0 Å². The molecule has 0 aliphatic heterocycles. The van der Waals surface area contributed by atoms with Gasteiger partial charge in [0.2, 0.25) is 0 Å². The summed E-state index contributed by atoms with van der Waals surface area (Å²) in [7, 11) is 0. The number of aromatic nitrogens is 1. The lowest BCUT2D eigenvalue weighted by Gasteiger charge is -2.12. The van der Waals surface area contributed by atoms with Crippen LogP contribution in [0.2, 0.25) is 0 Å². The predicted molar refractivity (Wildman–Crippen MR) is 111 cm³/mol. The van der Waals surface area contributed by atoms with Crippen LogP contribution in [0.4, 0.5) is 0 Å². The van der Waals surface area contributed by atoms with E-state index in [-0.39, 0.29) is 24.0 Å². The highest BCUT2D eigenvalue weighted by Crippen LogP contribution is 2.28. The molecule has 1 aromatic rings. The van der Waals surface area contributed by atoms with Gasteiger partial charge in [0.15, 0.2) is 5.96 Å². The van der Waals surface area contributed by atoms with Crippen molar-refractivity contribution in [2.75, 3.05) is 13.1 Å². The molecule has 4 nitrogen and oxygen atoms in total. The van der Waals surface area contributed by atoms with Gasteiger partial charge in [-0.05, 0) is 26.2 Å². The second-order valence-electron chi connectivity index (χ2n) is 6.13. The first kappa shape index (κ1) is 20.7. The molecule has 0 bridgehead atoms. The van der Waals surface area contributed by atoms with Crippen LogP contribution < -0.4 is 10.6 Å². The minimum absolute atomic E-state index is 0. The summed E-state index contributed by atoms with van der Waals surface area (Å²) in [6, 6.07) is 0. The molecule has 1 aromatic heterocycles. The Kier molecular flexibility index (Phi) is 10.8. The number of nitrogens with one attached hydrogen (secondary N) is 2. The first-order chi connectivity index (χ1) is 10.8. The van der Waals surface area contributed by atoms with Crippen LogP contribution in [-0.2, 0) is 6.54 Å². The van der Waals surface area contributed by atoms with E-state index >= 15 is 0 Å². The number of rotatable bonds is 8. The van der Waals surface area contributed by atoms with Crippen LogP contribution in [0.5, 0.6) is 0 Å². The summed E-state index contributed by atoms with van der Waals surface area (Å²) in [5, 5.41) is 6.77. The maximum absolute atomic E-state index is 4.66. The van der Waals surface area contributed by atoms with Crippen molar-refractivity contribution in [1.82, 2.24) is 15.6 Å².